The Labute approximate surface area is 199 Å². The first-order valence-corrected chi connectivity index (χ1v) is 12.0. The van der Waals surface area contributed by atoms with E-state index in [0.29, 0.717) is 10.4 Å². The maximum atomic E-state index is 14.5. The van der Waals surface area contributed by atoms with Crippen molar-refractivity contribution in [1.29, 1.82) is 5.26 Å². The van der Waals surface area contributed by atoms with Gasteiger partial charge in [0.05, 0.1) is 16.0 Å². The van der Waals surface area contributed by atoms with Gasteiger partial charge in [-0.05, 0) is 60.7 Å². The molecule has 0 spiro atoms. The Kier molecular flexibility index (Phi) is 4.76. The number of amides is 1. The molecule has 2 saturated heterocycles. The Hall–Kier alpha value is -3.61. The number of aryl methyl sites for hydroxylation is 1. The SMILES string of the molecule is Cn1nnc2cc(-c3sc(C(=O)N4[C@H]5CC[C@@H]4[C@@H](N)C5)cc3-c3ccc(C#N)c(F)c3)ccc21. The molecule has 2 fully saturated rings. The number of carbonyl (C=O) groups excluding carboxylic acids is 1. The van der Waals surface area contributed by atoms with Crippen LogP contribution in [0.2, 0.25) is 0 Å². The van der Waals surface area contributed by atoms with Gasteiger partial charge in [-0.25, -0.2) is 9.07 Å². The van der Waals surface area contributed by atoms with Crippen LogP contribution in [0.15, 0.2) is 42.5 Å². The molecular formula is C25H21FN6OS. The lowest BCUT2D eigenvalue weighted by Crippen LogP contribution is -2.40. The number of nitriles is 1. The maximum absolute atomic E-state index is 14.5. The van der Waals surface area contributed by atoms with Crippen molar-refractivity contribution in [3.05, 3.63) is 58.7 Å². The van der Waals surface area contributed by atoms with E-state index in [1.54, 1.807) is 10.7 Å². The summed E-state index contributed by atoms with van der Waals surface area (Å²) in [6, 6.07) is 14.4. The number of hydrogen-bond donors (Lipinski definition) is 1. The number of thiophene rings is 1. The number of aromatic nitrogens is 3. The summed E-state index contributed by atoms with van der Waals surface area (Å²) in [5.41, 5.74) is 10.1. The monoisotopic (exact) mass is 472 g/mol. The van der Waals surface area contributed by atoms with Crippen LogP contribution in [0.1, 0.15) is 34.5 Å². The van der Waals surface area contributed by atoms with E-state index >= 15 is 0 Å². The number of nitrogens with two attached hydrogens (primary N) is 1. The van der Waals surface area contributed by atoms with Crippen LogP contribution < -0.4 is 5.73 Å². The molecule has 9 heteroatoms. The van der Waals surface area contributed by atoms with Crippen molar-refractivity contribution in [3.8, 4) is 27.6 Å². The summed E-state index contributed by atoms with van der Waals surface area (Å²) in [5, 5.41) is 17.4. The first kappa shape index (κ1) is 21.0. The van der Waals surface area contributed by atoms with Gasteiger partial charge >= 0.3 is 0 Å². The van der Waals surface area contributed by atoms with Crippen molar-refractivity contribution < 1.29 is 9.18 Å². The van der Waals surface area contributed by atoms with Crippen molar-refractivity contribution >= 4 is 28.3 Å². The quantitative estimate of drug-likeness (QED) is 0.484. The number of rotatable bonds is 3. The van der Waals surface area contributed by atoms with Crippen LogP contribution in [-0.4, -0.2) is 43.9 Å². The third kappa shape index (κ3) is 3.14. The predicted molar refractivity (Wildman–Crippen MR) is 128 cm³/mol. The van der Waals surface area contributed by atoms with Crippen LogP contribution in [0.25, 0.3) is 32.6 Å². The third-order valence-corrected chi connectivity index (χ3v) is 8.21. The van der Waals surface area contributed by atoms with Gasteiger partial charge < -0.3 is 10.6 Å². The maximum Gasteiger partial charge on any atom is 0.264 e. The van der Waals surface area contributed by atoms with E-state index in [-0.39, 0.29) is 29.6 Å². The molecule has 7 nitrogen and oxygen atoms in total. The van der Waals surface area contributed by atoms with Gasteiger partial charge in [0.2, 0.25) is 0 Å². The highest BCUT2D eigenvalue weighted by Crippen LogP contribution is 2.43. The first-order valence-electron chi connectivity index (χ1n) is 11.2. The number of fused-ring (bicyclic) bond motifs is 3. The van der Waals surface area contributed by atoms with Gasteiger partial charge in [0.25, 0.3) is 5.91 Å². The van der Waals surface area contributed by atoms with E-state index in [9.17, 15) is 9.18 Å². The zero-order valence-electron chi connectivity index (χ0n) is 18.4. The molecule has 2 aliphatic heterocycles. The highest BCUT2D eigenvalue weighted by Gasteiger charge is 2.47. The molecule has 2 aromatic heterocycles. The van der Waals surface area contributed by atoms with Crippen molar-refractivity contribution in [3.63, 3.8) is 0 Å². The molecule has 34 heavy (non-hydrogen) atoms. The van der Waals surface area contributed by atoms with Crippen molar-refractivity contribution in [2.24, 2.45) is 12.8 Å². The molecule has 2 N–H and O–H groups in total. The van der Waals surface area contributed by atoms with Crippen LogP contribution in [0.4, 0.5) is 4.39 Å². The highest BCUT2D eigenvalue weighted by molar-refractivity contribution is 7.18. The van der Waals surface area contributed by atoms with Gasteiger partial charge in [-0.3, -0.25) is 4.79 Å². The minimum Gasteiger partial charge on any atom is -0.330 e. The Morgan fingerprint density at radius 1 is 1.21 bits per heavy atom. The standard InChI is InChI=1S/C25H21FN6OS/c1-31-22-6-4-14(9-20(22)29-30-31)24-17(13-2-3-15(12-27)18(26)8-13)11-23(34-24)25(33)32-16-5-7-21(32)19(28)10-16/h2-4,6,8-9,11,16,19,21H,5,7,10,28H2,1H3/t16-,19-,21+/m0/s1. The van der Waals surface area contributed by atoms with Gasteiger partial charge in [-0.2, -0.15) is 5.26 Å². The van der Waals surface area contributed by atoms with E-state index < -0.39 is 5.82 Å². The summed E-state index contributed by atoms with van der Waals surface area (Å²) in [5.74, 6) is -0.606. The van der Waals surface area contributed by atoms with Crippen LogP contribution in [-0.2, 0) is 7.05 Å². The topological polar surface area (TPSA) is 101 Å². The summed E-state index contributed by atoms with van der Waals surface area (Å²) in [6.45, 7) is 0. The molecular weight excluding hydrogens is 451 g/mol. The molecule has 4 heterocycles. The van der Waals surface area contributed by atoms with Gasteiger partial charge in [0.15, 0.2) is 0 Å². The van der Waals surface area contributed by atoms with E-state index in [2.05, 4.69) is 10.3 Å². The average Bonchev–Trinajstić information content (AvgIpc) is 3.60. The number of hydrogen-bond acceptors (Lipinski definition) is 6. The molecule has 0 unspecified atom stereocenters. The lowest BCUT2D eigenvalue weighted by Gasteiger charge is -2.22. The minimum atomic E-state index is -0.585. The van der Waals surface area contributed by atoms with E-state index in [1.807, 2.05) is 42.3 Å². The second kappa shape index (κ2) is 7.72. The Balaban J connectivity index is 1.49. The molecule has 3 atom stereocenters. The molecule has 0 saturated carbocycles. The number of halogens is 1. The summed E-state index contributed by atoms with van der Waals surface area (Å²) in [6.07, 6.45) is 2.76. The second-order valence-corrected chi connectivity index (χ2v) is 10.0. The Morgan fingerprint density at radius 3 is 2.74 bits per heavy atom. The van der Waals surface area contributed by atoms with Crippen LogP contribution in [0.3, 0.4) is 0 Å². The van der Waals surface area contributed by atoms with Gasteiger partial charge in [0.1, 0.15) is 17.4 Å². The summed E-state index contributed by atoms with van der Waals surface area (Å²) in [7, 11) is 1.83. The largest absolute Gasteiger partial charge is 0.330 e. The molecule has 2 bridgehead atoms. The van der Waals surface area contributed by atoms with Gasteiger partial charge in [-0.15, -0.1) is 16.4 Å². The number of carbonyl (C=O) groups is 1. The molecule has 0 aliphatic carbocycles. The minimum absolute atomic E-state index is 0.0135. The Morgan fingerprint density at radius 2 is 2.03 bits per heavy atom. The Bertz CT molecular complexity index is 1500. The summed E-state index contributed by atoms with van der Waals surface area (Å²) >= 11 is 1.39. The first-order chi connectivity index (χ1) is 16.4. The summed E-state index contributed by atoms with van der Waals surface area (Å²) < 4.78 is 16.2. The normalized spacial score (nSPS) is 21.4. The molecule has 170 valence electrons. The van der Waals surface area contributed by atoms with Crippen molar-refractivity contribution in [2.45, 2.75) is 37.4 Å². The average molecular weight is 473 g/mol. The van der Waals surface area contributed by atoms with Crippen LogP contribution in [0, 0.1) is 17.1 Å². The molecule has 6 rings (SSSR count). The molecule has 2 aliphatic rings. The fourth-order valence-corrected chi connectivity index (χ4v) is 6.48. The lowest BCUT2D eigenvalue weighted by atomic mass is 9.97. The van der Waals surface area contributed by atoms with E-state index in [1.165, 1.54) is 23.5 Å². The second-order valence-electron chi connectivity index (χ2n) is 8.99. The third-order valence-electron chi connectivity index (χ3n) is 7.04. The molecule has 4 aromatic rings. The molecule has 1 amide bonds. The predicted octanol–water partition coefficient (Wildman–Crippen LogP) is 4.08. The number of nitrogens with zero attached hydrogens (tertiary/aromatic N) is 5. The lowest BCUT2D eigenvalue weighted by molar-refractivity contribution is 0.0731. The zero-order chi connectivity index (χ0) is 23.6. The van der Waals surface area contributed by atoms with Crippen molar-refractivity contribution in [2.75, 3.05) is 0 Å². The van der Waals surface area contributed by atoms with Crippen LogP contribution in [0.5, 0.6) is 0 Å². The van der Waals surface area contributed by atoms with Crippen LogP contribution >= 0.6 is 11.3 Å². The highest BCUT2D eigenvalue weighted by atomic mass is 32.1. The van der Waals surface area contributed by atoms with E-state index in [0.717, 1.165) is 46.3 Å². The zero-order valence-corrected chi connectivity index (χ0v) is 19.2. The van der Waals surface area contributed by atoms with Gasteiger partial charge in [0, 0.05) is 35.6 Å². The smallest absolute Gasteiger partial charge is 0.264 e. The number of benzene rings is 2. The molecule has 0 radical (unpaired) electrons. The van der Waals surface area contributed by atoms with Crippen molar-refractivity contribution in [1.82, 2.24) is 19.9 Å². The fourth-order valence-electron chi connectivity index (χ4n) is 5.36. The van der Waals surface area contributed by atoms with E-state index in [4.69, 9.17) is 11.0 Å². The van der Waals surface area contributed by atoms with Gasteiger partial charge in [-0.1, -0.05) is 17.3 Å². The summed E-state index contributed by atoms with van der Waals surface area (Å²) in [4.78, 5) is 17.0. The fraction of sp³-hybridized carbons (Fsp3) is 0.280. The molecule has 2 aromatic carbocycles.